The van der Waals surface area contributed by atoms with E-state index in [1.165, 1.54) is 19.3 Å². The first-order valence-electron chi connectivity index (χ1n) is 8.30. The summed E-state index contributed by atoms with van der Waals surface area (Å²) in [6.45, 7) is 6.10. The van der Waals surface area contributed by atoms with Gasteiger partial charge in [-0.3, -0.25) is 4.90 Å². The number of nitrogens with two attached hydrogens (primary N) is 1. The average molecular weight is 348 g/mol. The molecule has 3 heterocycles. The second-order valence-corrected chi connectivity index (χ2v) is 6.99. The van der Waals surface area contributed by atoms with Crippen molar-refractivity contribution in [3.8, 4) is 11.5 Å². The van der Waals surface area contributed by atoms with Crippen LogP contribution in [0.3, 0.4) is 0 Å². The number of hydrogen-bond acceptors (Lipinski definition) is 6. The SMILES string of the molecule is Cc1oc(-c2ccsc2)nc1CO/N=C(/N)CN1CCCC[C@@H]1C. The number of oxime groups is 1. The fourth-order valence-corrected chi connectivity index (χ4v) is 3.51. The number of piperidine rings is 1. The van der Waals surface area contributed by atoms with E-state index < -0.39 is 0 Å². The summed E-state index contributed by atoms with van der Waals surface area (Å²) in [7, 11) is 0. The van der Waals surface area contributed by atoms with Gasteiger partial charge in [-0.15, -0.1) is 0 Å². The van der Waals surface area contributed by atoms with Crippen LogP contribution in [-0.2, 0) is 11.4 Å². The predicted molar refractivity (Wildman–Crippen MR) is 95.9 cm³/mol. The van der Waals surface area contributed by atoms with Crippen LogP contribution in [0.15, 0.2) is 26.4 Å². The fraction of sp³-hybridized carbons (Fsp3) is 0.529. The second-order valence-electron chi connectivity index (χ2n) is 6.21. The summed E-state index contributed by atoms with van der Waals surface area (Å²) >= 11 is 1.61. The molecule has 0 aromatic carbocycles. The van der Waals surface area contributed by atoms with E-state index in [4.69, 9.17) is 15.0 Å². The first-order valence-corrected chi connectivity index (χ1v) is 9.25. The molecular weight excluding hydrogens is 324 g/mol. The van der Waals surface area contributed by atoms with E-state index in [-0.39, 0.29) is 6.61 Å². The largest absolute Gasteiger partial charge is 0.441 e. The Hall–Kier alpha value is -1.86. The third kappa shape index (κ3) is 4.15. The van der Waals surface area contributed by atoms with Gasteiger partial charge >= 0.3 is 0 Å². The molecule has 2 aromatic rings. The molecule has 0 bridgehead atoms. The van der Waals surface area contributed by atoms with Crippen molar-refractivity contribution >= 4 is 17.2 Å². The third-order valence-electron chi connectivity index (χ3n) is 4.35. The van der Waals surface area contributed by atoms with E-state index in [0.29, 0.717) is 24.3 Å². The Morgan fingerprint density at radius 3 is 3.17 bits per heavy atom. The Bertz CT molecular complexity index is 681. The summed E-state index contributed by atoms with van der Waals surface area (Å²) in [5.74, 6) is 1.86. The van der Waals surface area contributed by atoms with Gasteiger partial charge in [0.05, 0.1) is 6.54 Å². The van der Waals surface area contributed by atoms with E-state index in [1.54, 1.807) is 11.3 Å². The van der Waals surface area contributed by atoms with Crippen LogP contribution >= 0.6 is 11.3 Å². The molecule has 6 nitrogen and oxygen atoms in total. The molecule has 0 radical (unpaired) electrons. The van der Waals surface area contributed by atoms with Crippen molar-refractivity contribution in [2.24, 2.45) is 10.9 Å². The summed E-state index contributed by atoms with van der Waals surface area (Å²) in [6.07, 6.45) is 3.74. The van der Waals surface area contributed by atoms with Gasteiger partial charge in [0, 0.05) is 17.0 Å². The molecule has 130 valence electrons. The Labute approximate surface area is 146 Å². The van der Waals surface area contributed by atoms with Crippen LogP contribution in [-0.4, -0.2) is 34.9 Å². The first kappa shape index (κ1) is 17.0. The Kier molecular flexibility index (Phi) is 5.52. The van der Waals surface area contributed by atoms with Crippen molar-refractivity contribution in [2.75, 3.05) is 13.1 Å². The lowest BCUT2D eigenvalue weighted by Gasteiger charge is -2.32. The summed E-state index contributed by atoms with van der Waals surface area (Å²) in [6, 6.07) is 2.54. The lowest BCUT2D eigenvalue weighted by Crippen LogP contribution is -2.42. The number of rotatable bonds is 6. The zero-order chi connectivity index (χ0) is 16.9. The van der Waals surface area contributed by atoms with Gasteiger partial charge in [0.2, 0.25) is 5.89 Å². The number of aryl methyl sites for hydroxylation is 1. The number of thiophene rings is 1. The van der Waals surface area contributed by atoms with Crippen LogP contribution in [0.4, 0.5) is 0 Å². The molecule has 1 atom stereocenters. The van der Waals surface area contributed by atoms with Crippen molar-refractivity contribution in [3.05, 3.63) is 28.3 Å². The monoisotopic (exact) mass is 348 g/mol. The highest BCUT2D eigenvalue weighted by molar-refractivity contribution is 7.08. The van der Waals surface area contributed by atoms with Gasteiger partial charge in [0.1, 0.15) is 11.5 Å². The topological polar surface area (TPSA) is 76.9 Å². The standard InChI is InChI=1S/C17H24N4O2S/c1-12-5-3-4-7-21(12)9-16(18)20-22-10-15-13(2)23-17(19-15)14-6-8-24-11-14/h6,8,11-12H,3-5,7,9-10H2,1-2H3,(H2,18,20)/t12-/m0/s1. The van der Waals surface area contributed by atoms with Crippen LogP contribution in [0.2, 0.25) is 0 Å². The van der Waals surface area contributed by atoms with E-state index in [1.807, 2.05) is 23.8 Å². The normalized spacial score (nSPS) is 19.6. The molecule has 7 heteroatoms. The van der Waals surface area contributed by atoms with Crippen molar-refractivity contribution in [1.82, 2.24) is 9.88 Å². The van der Waals surface area contributed by atoms with Gasteiger partial charge in [-0.1, -0.05) is 11.6 Å². The molecule has 0 spiro atoms. The van der Waals surface area contributed by atoms with Crippen LogP contribution in [0.1, 0.15) is 37.6 Å². The van der Waals surface area contributed by atoms with E-state index in [9.17, 15) is 0 Å². The third-order valence-corrected chi connectivity index (χ3v) is 5.03. The number of nitrogens with zero attached hydrogens (tertiary/aromatic N) is 3. The molecule has 2 aromatic heterocycles. The smallest absolute Gasteiger partial charge is 0.227 e. The van der Waals surface area contributed by atoms with Gasteiger partial charge in [-0.2, -0.15) is 11.3 Å². The molecule has 3 rings (SSSR count). The van der Waals surface area contributed by atoms with Gasteiger partial charge < -0.3 is 15.0 Å². The van der Waals surface area contributed by atoms with Crippen molar-refractivity contribution in [3.63, 3.8) is 0 Å². The van der Waals surface area contributed by atoms with E-state index in [2.05, 4.69) is 22.0 Å². The molecular formula is C17H24N4O2S. The predicted octanol–water partition coefficient (Wildman–Crippen LogP) is 3.37. The summed E-state index contributed by atoms with van der Waals surface area (Å²) < 4.78 is 5.68. The maximum Gasteiger partial charge on any atom is 0.227 e. The maximum atomic E-state index is 5.99. The molecule has 0 amide bonds. The highest BCUT2D eigenvalue weighted by Crippen LogP contribution is 2.24. The van der Waals surface area contributed by atoms with Crippen molar-refractivity contribution < 1.29 is 9.25 Å². The summed E-state index contributed by atoms with van der Waals surface area (Å²) in [5, 5.41) is 8.04. The highest BCUT2D eigenvalue weighted by Gasteiger charge is 2.19. The van der Waals surface area contributed by atoms with E-state index >= 15 is 0 Å². The quantitative estimate of drug-likeness (QED) is 0.492. The molecule has 1 saturated heterocycles. The molecule has 24 heavy (non-hydrogen) atoms. The fourth-order valence-electron chi connectivity index (χ4n) is 2.88. The lowest BCUT2D eigenvalue weighted by atomic mass is 10.0. The highest BCUT2D eigenvalue weighted by atomic mass is 32.1. The molecule has 0 unspecified atom stereocenters. The number of likely N-dealkylation sites (tertiary alicyclic amines) is 1. The minimum atomic E-state index is 0.260. The van der Waals surface area contributed by atoms with Gasteiger partial charge in [0.25, 0.3) is 0 Å². The minimum Gasteiger partial charge on any atom is -0.441 e. The summed E-state index contributed by atoms with van der Waals surface area (Å²) in [5.41, 5.74) is 7.72. The molecule has 2 N–H and O–H groups in total. The summed E-state index contributed by atoms with van der Waals surface area (Å²) in [4.78, 5) is 12.2. The number of aromatic nitrogens is 1. The van der Waals surface area contributed by atoms with Crippen LogP contribution < -0.4 is 5.73 Å². The van der Waals surface area contributed by atoms with Gasteiger partial charge in [-0.05, 0) is 44.7 Å². The Morgan fingerprint density at radius 2 is 2.42 bits per heavy atom. The molecule has 1 aliphatic heterocycles. The first-order chi connectivity index (χ1) is 11.6. The van der Waals surface area contributed by atoms with Gasteiger partial charge in [-0.25, -0.2) is 4.98 Å². The Balaban J connectivity index is 1.54. The van der Waals surface area contributed by atoms with Crippen LogP contribution in [0, 0.1) is 6.92 Å². The van der Waals surface area contributed by atoms with Crippen molar-refractivity contribution in [2.45, 2.75) is 45.8 Å². The van der Waals surface area contributed by atoms with Crippen molar-refractivity contribution in [1.29, 1.82) is 0 Å². The minimum absolute atomic E-state index is 0.260. The molecule has 0 aliphatic carbocycles. The van der Waals surface area contributed by atoms with Gasteiger partial charge in [0.15, 0.2) is 12.4 Å². The molecule has 1 aliphatic rings. The lowest BCUT2D eigenvalue weighted by molar-refractivity contribution is 0.122. The van der Waals surface area contributed by atoms with Crippen LogP contribution in [0.5, 0.6) is 0 Å². The average Bonchev–Trinajstić information content (AvgIpc) is 3.20. The Morgan fingerprint density at radius 1 is 1.54 bits per heavy atom. The van der Waals surface area contributed by atoms with E-state index in [0.717, 1.165) is 23.6 Å². The number of amidine groups is 1. The second kappa shape index (κ2) is 7.81. The maximum absolute atomic E-state index is 5.99. The number of oxazole rings is 1. The zero-order valence-corrected chi connectivity index (χ0v) is 15.0. The molecule has 1 fully saturated rings. The van der Waals surface area contributed by atoms with Crippen LogP contribution in [0.25, 0.3) is 11.5 Å². The molecule has 0 saturated carbocycles. The number of hydrogen-bond donors (Lipinski definition) is 1. The zero-order valence-electron chi connectivity index (χ0n) is 14.2.